The molecule has 1 aliphatic heterocycles. The maximum atomic E-state index is 10.0. The lowest BCUT2D eigenvalue weighted by Gasteiger charge is -2.36. The highest BCUT2D eigenvalue weighted by Gasteiger charge is 2.26. The van der Waals surface area contributed by atoms with Crippen LogP contribution in [0.3, 0.4) is 0 Å². The summed E-state index contributed by atoms with van der Waals surface area (Å²) in [7, 11) is 0. The van der Waals surface area contributed by atoms with Gasteiger partial charge in [0.05, 0.1) is 25.4 Å². The Balaban J connectivity index is 2.19. The van der Waals surface area contributed by atoms with Crippen LogP contribution in [0, 0.1) is 0 Å². The van der Waals surface area contributed by atoms with Gasteiger partial charge in [-0.15, -0.1) is 0 Å². The molecule has 0 spiro atoms. The molecule has 1 heterocycles. The van der Waals surface area contributed by atoms with Crippen molar-refractivity contribution in [1.82, 2.24) is 4.90 Å². The highest BCUT2D eigenvalue weighted by atomic mass is 16.5. The monoisotopic (exact) mass is 247 g/mol. The number of aliphatic hydroxyl groups excluding tert-OH is 1. The van der Waals surface area contributed by atoms with Crippen molar-refractivity contribution in [2.75, 3.05) is 26.3 Å². The molecule has 3 heteroatoms. The standard InChI is InChI=1S/C15H21NO2/c1-3-13-4-6-14(7-5-13)15(12(2)17)16-8-10-18-11-9-16/h3-7,12,15,17H,1,8-11H2,2H3. The number of ether oxygens (including phenoxy) is 1. The van der Waals surface area contributed by atoms with Gasteiger partial charge in [0.15, 0.2) is 0 Å². The first-order valence-electron chi connectivity index (χ1n) is 6.44. The Hall–Kier alpha value is -1.16. The first-order valence-corrected chi connectivity index (χ1v) is 6.44. The fraction of sp³-hybridized carbons (Fsp3) is 0.467. The second kappa shape index (κ2) is 6.14. The number of hydrogen-bond donors (Lipinski definition) is 1. The molecule has 3 nitrogen and oxygen atoms in total. The van der Waals surface area contributed by atoms with Crippen molar-refractivity contribution in [2.45, 2.75) is 19.1 Å². The average Bonchev–Trinajstić information content (AvgIpc) is 2.40. The van der Waals surface area contributed by atoms with Crippen LogP contribution in [0.2, 0.25) is 0 Å². The molecule has 1 aliphatic rings. The summed E-state index contributed by atoms with van der Waals surface area (Å²) < 4.78 is 5.37. The fourth-order valence-electron chi connectivity index (χ4n) is 2.48. The van der Waals surface area contributed by atoms with Gasteiger partial charge in [0.25, 0.3) is 0 Å². The Morgan fingerprint density at radius 3 is 2.39 bits per heavy atom. The summed E-state index contributed by atoms with van der Waals surface area (Å²) in [5.41, 5.74) is 2.25. The Kier molecular flexibility index (Phi) is 4.53. The highest BCUT2D eigenvalue weighted by molar-refractivity contribution is 5.47. The summed E-state index contributed by atoms with van der Waals surface area (Å²) in [4.78, 5) is 2.29. The third kappa shape index (κ3) is 2.99. The van der Waals surface area contributed by atoms with Crippen LogP contribution in [0.5, 0.6) is 0 Å². The van der Waals surface area contributed by atoms with Crippen LogP contribution in [0.1, 0.15) is 24.1 Å². The molecule has 2 atom stereocenters. The van der Waals surface area contributed by atoms with Gasteiger partial charge < -0.3 is 9.84 Å². The van der Waals surface area contributed by atoms with E-state index >= 15 is 0 Å². The quantitative estimate of drug-likeness (QED) is 0.884. The van der Waals surface area contributed by atoms with Crippen molar-refractivity contribution in [3.63, 3.8) is 0 Å². The molecule has 1 N–H and O–H groups in total. The van der Waals surface area contributed by atoms with Crippen molar-refractivity contribution < 1.29 is 9.84 Å². The molecular weight excluding hydrogens is 226 g/mol. The number of morpholine rings is 1. The Labute approximate surface area is 109 Å². The molecule has 2 unspecified atom stereocenters. The van der Waals surface area contributed by atoms with Gasteiger partial charge in [-0.25, -0.2) is 0 Å². The van der Waals surface area contributed by atoms with E-state index in [1.54, 1.807) is 0 Å². The molecule has 18 heavy (non-hydrogen) atoms. The highest BCUT2D eigenvalue weighted by Crippen LogP contribution is 2.25. The van der Waals surface area contributed by atoms with Gasteiger partial charge >= 0.3 is 0 Å². The average molecular weight is 247 g/mol. The molecule has 0 bridgehead atoms. The molecule has 1 saturated heterocycles. The first kappa shape index (κ1) is 13.3. The van der Waals surface area contributed by atoms with Crippen molar-refractivity contribution in [2.24, 2.45) is 0 Å². The van der Waals surface area contributed by atoms with E-state index in [2.05, 4.69) is 23.6 Å². The van der Waals surface area contributed by atoms with Crippen molar-refractivity contribution in [3.8, 4) is 0 Å². The van der Waals surface area contributed by atoms with Gasteiger partial charge in [-0.3, -0.25) is 4.90 Å². The first-order chi connectivity index (χ1) is 8.72. The summed E-state index contributed by atoms with van der Waals surface area (Å²) in [5, 5.41) is 10.0. The van der Waals surface area contributed by atoms with E-state index in [9.17, 15) is 5.11 Å². The van der Waals surface area contributed by atoms with E-state index in [1.165, 1.54) is 0 Å². The molecule has 1 aromatic rings. The van der Waals surface area contributed by atoms with E-state index in [4.69, 9.17) is 4.74 Å². The van der Waals surface area contributed by atoms with E-state index < -0.39 is 6.10 Å². The topological polar surface area (TPSA) is 32.7 Å². The Bertz CT molecular complexity index is 380. The Morgan fingerprint density at radius 1 is 1.28 bits per heavy atom. The van der Waals surface area contributed by atoms with Crippen LogP contribution in [0.4, 0.5) is 0 Å². The number of benzene rings is 1. The molecule has 0 aliphatic carbocycles. The van der Waals surface area contributed by atoms with Gasteiger partial charge in [0, 0.05) is 13.1 Å². The largest absolute Gasteiger partial charge is 0.391 e. The maximum absolute atomic E-state index is 10.0. The van der Waals surface area contributed by atoms with Gasteiger partial charge in [0.2, 0.25) is 0 Å². The minimum Gasteiger partial charge on any atom is -0.391 e. The van der Waals surface area contributed by atoms with Crippen LogP contribution in [0.25, 0.3) is 6.08 Å². The maximum Gasteiger partial charge on any atom is 0.0708 e. The van der Waals surface area contributed by atoms with Crippen molar-refractivity contribution >= 4 is 6.08 Å². The van der Waals surface area contributed by atoms with Gasteiger partial charge in [0.1, 0.15) is 0 Å². The predicted molar refractivity (Wildman–Crippen MR) is 73.3 cm³/mol. The van der Waals surface area contributed by atoms with E-state index in [0.29, 0.717) is 0 Å². The van der Waals surface area contributed by atoms with E-state index in [1.807, 2.05) is 25.1 Å². The molecule has 1 fully saturated rings. The zero-order valence-corrected chi connectivity index (χ0v) is 10.9. The summed E-state index contributed by atoms with van der Waals surface area (Å²) in [5.74, 6) is 0. The van der Waals surface area contributed by atoms with Gasteiger partial charge in [-0.2, -0.15) is 0 Å². The third-order valence-corrected chi connectivity index (χ3v) is 3.41. The molecule has 0 amide bonds. The van der Waals surface area contributed by atoms with E-state index in [0.717, 1.165) is 37.4 Å². The summed E-state index contributed by atoms with van der Waals surface area (Å²) in [6.45, 7) is 8.84. The molecule has 0 aromatic heterocycles. The number of aliphatic hydroxyl groups is 1. The van der Waals surface area contributed by atoms with Crippen LogP contribution in [0.15, 0.2) is 30.8 Å². The minimum absolute atomic E-state index is 0.0489. The lowest BCUT2D eigenvalue weighted by atomic mass is 9.99. The van der Waals surface area contributed by atoms with Crippen molar-refractivity contribution in [3.05, 3.63) is 42.0 Å². The zero-order valence-electron chi connectivity index (χ0n) is 10.9. The molecular formula is C15H21NO2. The normalized spacial score (nSPS) is 20.3. The molecule has 0 radical (unpaired) electrons. The van der Waals surface area contributed by atoms with Crippen molar-refractivity contribution in [1.29, 1.82) is 0 Å². The smallest absolute Gasteiger partial charge is 0.0708 e. The van der Waals surface area contributed by atoms with Gasteiger partial charge in [-0.1, -0.05) is 36.9 Å². The lowest BCUT2D eigenvalue weighted by Crippen LogP contribution is -2.42. The summed E-state index contributed by atoms with van der Waals surface area (Å²) in [6, 6.07) is 8.28. The third-order valence-electron chi connectivity index (χ3n) is 3.41. The summed E-state index contributed by atoms with van der Waals surface area (Å²) in [6.07, 6.45) is 1.44. The Morgan fingerprint density at radius 2 is 1.89 bits per heavy atom. The number of nitrogens with zero attached hydrogens (tertiary/aromatic N) is 1. The predicted octanol–water partition coefficient (Wildman–Crippen LogP) is 2.08. The molecule has 1 aromatic carbocycles. The van der Waals surface area contributed by atoms with Gasteiger partial charge in [-0.05, 0) is 18.1 Å². The van der Waals surface area contributed by atoms with Crippen LogP contribution >= 0.6 is 0 Å². The van der Waals surface area contributed by atoms with Crippen LogP contribution < -0.4 is 0 Å². The fourth-order valence-corrected chi connectivity index (χ4v) is 2.48. The number of rotatable bonds is 4. The molecule has 2 rings (SSSR count). The second-order valence-electron chi connectivity index (χ2n) is 4.70. The minimum atomic E-state index is -0.391. The molecule has 98 valence electrons. The second-order valence-corrected chi connectivity index (χ2v) is 4.70. The lowest BCUT2D eigenvalue weighted by molar-refractivity contribution is -0.0180. The SMILES string of the molecule is C=Cc1ccc(C(C(C)O)N2CCOCC2)cc1. The number of hydrogen-bond acceptors (Lipinski definition) is 3. The van der Waals surface area contributed by atoms with E-state index in [-0.39, 0.29) is 6.04 Å². The zero-order chi connectivity index (χ0) is 13.0. The summed E-state index contributed by atoms with van der Waals surface area (Å²) >= 11 is 0. The van der Waals surface area contributed by atoms with Crippen LogP contribution in [-0.4, -0.2) is 42.4 Å². The molecule has 0 saturated carbocycles. The van der Waals surface area contributed by atoms with Crippen LogP contribution in [-0.2, 0) is 4.74 Å².